The Labute approximate surface area is 127 Å². The first kappa shape index (κ1) is 15.2. The van der Waals surface area contributed by atoms with E-state index in [2.05, 4.69) is 14.6 Å². The lowest BCUT2D eigenvalue weighted by Gasteiger charge is -2.30. The van der Waals surface area contributed by atoms with Crippen molar-refractivity contribution in [1.29, 1.82) is 0 Å². The molecule has 0 spiro atoms. The molecule has 1 unspecified atom stereocenters. The van der Waals surface area contributed by atoms with Crippen LogP contribution in [0.4, 0.5) is 0 Å². The molecule has 0 bridgehead atoms. The number of aromatic nitrogens is 1. The quantitative estimate of drug-likeness (QED) is 0.801. The zero-order chi connectivity index (χ0) is 15.7. The Morgan fingerprint density at radius 3 is 3.05 bits per heavy atom. The molecule has 1 aromatic carbocycles. The number of rotatable bonds is 4. The molecule has 22 heavy (non-hydrogen) atoms. The summed E-state index contributed by atoms with van der Waals surface area (Å²) in [7, 11) is -1.72. The van der Waals surface area contributed by atoms with E-state index in [9.17, 15) is 13.2 Å². The summed E-state index contributed by atoms with van der Waals surface area (Å²) >= 11 is 0. The molecule has 0 saturated carbocycles. The molecule has 2 N–H and O–H groups in total. The van der Waals surface area contributed by atoms with Gasteiger partial charge in [-0.05, 0) is 19.2 Å². The van der Waals surface area contributed by atoms with Crippen molar-refractivity contribution in [2.24, 2.45) is 0 Å². The van der Waals surface area contributed by atoms with E-state index >= 15 is 0 Å². The average molecular weight is 327 g/mol. The van der Waals surface area contributed by atoms with E-state index in [4.69, 9.17) is 9.15 Å². The monoisotopic (exact) mass is 327 g/mol. The molecule has 1 aliphatic rings. The number of fused-ring (bicyclic) bond motifs is 1. The van der Waals surface area contributed by atoms with Gasteiger partial charge in [0.1, 0.15) is 0 Å². The van der Waals surface area contributed by atoms with Crippen LogP contribution in [0.3, 0.4) is 0 Å². The summed E-state index contributed by atoms with van der Waals surface area (Å²) in [6.45, 7) is 2.30. The molecular formula is C13H17N3O5S. The summed E-state index contributed by atoms with van der Waals surface area (Å²) in [5.41, 5.74) is 0.669. The fourth-order valence-corrected chi connectivity index (χ4v) is 3.45. The smallest absolute Gasteiger partial charge is 0.408 e. The van der Waals surface area contributed by atoms with Crippen LogP contribution in [0.5, 0.6) is 0 Å². The predicted octanol–water partition coefficient (Wildman–Crippen LogP) is -0.270. The molecule has 2 aromatic rings. The van der Waals surface area contributed by atoms with Gasteiger partial charge in [-0.25, -0.2) is 17.9 Å². The molecule has 1 aliphatic heterocycles. The molecule has 1 atom stereocenters. The van der Waals surface area contributed by atoms with Gasteiger partial charge in [-0.15, -0.1) is 0 Å². The highest BCUT2D eigenvalue weighted by molar-refractivity contribution is 7.89. The Morgan fingerprint density at radius 1 is 1.45 bits per heavy atom. The minimum atomic E-state index is -3.68. The standard InChI is InChI=1S/C13H17N3O5S/c1-16-4-5-20-9(8-16)7-14-22(18,19)10-2-3-11-12(6-10)21-13(17)15-11/h2-3,6,9,14H,4-5,7-8H2,1H3,(H,15,17). The number of hydrogen-bond donors (Lipinski definition) is 2. The summed E-state index contributed by atoms with van der Waals surface area (Å²) in [6, 6.07) is 4.24. The van der Waals surface area contributed by atoms with E-state index in [1.165, 1.54) is 18.2 Å². The van der Waals surface area contributed by atoms with Crippen molar-refractivity contribution < 1.29 is 17.6 Å². The van der Waals surface area contributed by atoms with Crippen LogP contribution in [-0.4, -0.2) is 57.7 Å². The van der Waals surface area contributed by atoms with Gasteiger partial charge in [0.2, 0.25) is 10.0 Å². The van der Waals surface area contributed by atoms with Gasteiger partial charge in [0.25, 0.3) is 0 Å². The zero-order valence-electron chi connectivity index (χ0n) is 12.0. The van der Waals surface area contributed by atoms with Crippen LogP contribution >= 0.6 is 0 Å². The normalized spacial score (nSPS) is 20.5. The summed E-state index contributed by atoms with van der Waals surface area (Å²) < 4.78 is 37.5. The van der Waals surface area contributed by atoms with Gasteiger partial charge >= 0.3 is 5.76 Å². The maximum atomic E-state index is 12.3. The number of hydrogen-bond acceptors (Lipinski definition) is 6. The maximum Gasteiger partial charge on any atom is 0.417 e. The number of ether oxygens (including phenoxy) is 1. The van der Waals surface area contributed by atoms with Crippen LogP contribution < -0.4 is 10.5 Å². The van der Waals surface area contributed by atoms with Gasteiger partial charge < -0.3 is 14.1 Å². The Bertz CT molecular complexity index is 826. The van der Waals surface area contributed by atoms with Crippen molar-refractivity contribution in [1.82, 2.24) is 14.6 Å². The van der Waals surface area contributed by atoms with E-state index in [-0.39, 0.29) is 23.1 Å². The first-order chi connectivity index (χ1) is 10.4. The van der Waals surface area contributed by atoms with Crippen molar-refractivity contribution in [3.8, 4) is 0 Å². The van der Waals surface area contributed by atoms with Crippen molar-refractivity contribution in [2.75, 3.05) is 33.3 Å². The molecular weight excluding hydrogens is 310 g/mol. The summed E-state index contributed by atoms with van der Waals surface area (Å²) in [6.07, 6.45) is -0.178. The zero-order valence-corrected chi connectivity index (χ0v) is 12.9. The van der Waals surface area contributed by atoms with Crippen LogP contribution in [0, 0.1) is 0 Å². The second-order valence-corrected chi connectivity index (χ2v) is 7.05. The number of nitrogens with one attached hydrogen (secondary N) is 2. The van der Waals surface area contributed by atoms with E-state index in [1.54, 1.807) is 0 Å². The number of morpholine rings is 1. The molecule has 2 heterocycles. The average Bonchev–Trinajstić information content (AvgIpc) is 2.84. The Hall–Kier alpha value is -1.68. The summed E-state index contributed by atoms with van der Waals surface area (Å²) in [5.74, 6) is -0.615. The summed E-state index contributed by atoms with van der Waals surface area (Å²) in [5, 5.41) is 0. The minimum absolute atomic E-state index is 0.0481. The molecule has 0 aliphatic carbocycles. The van der Waals surface area contributed by atoms with Gasteiger partial charge in [-0.3, -0.25) is 4.98 Å². The highest BCUT2D eigenvalue weighted by atomic mass is 32.2. The second kappa shape index (κ2) is 5.84. The molecule has 0 amide bonds. The third kappa shape index (κ3) is 3.22. The van der Waals surface area contributed by atoms with Crippen LogP contribution in [-0.2, 0) is 14.8 Å². The Morgan fingerprint density at radius 2 is 2.27 bits per heavy atom. The Kier molecular flexibility index (Phi) is 4.04. The first-order valence-electron chi connectivity index (χ1n) is 6.87. The lowest BCUT2D eigenvalue weighted by atomic mass is 10.3. The van der Waals surface area contributed by atoms with Gasteiger partial charge in [0.05, 0.1) is 23.1 Å². The molecule has 9 heteroatoms. The largest absolute Gasteiger partial charge is 0.417 e. The number of aromatic amines is 1. The first-order valence-corrected chi connectivity index (χ1v) is 8.35. The van der Waals surface area contributed by atoms with Crippen molar-refractivity contribution >= 4 is 21.1 Å². The van der Waals surface area contributed by atoms with E-state index < -0.39 is 15.8 Å². The molecule has 8 nitrogen and oxygen atoms in total. The van der Waals surface area contributed by atoms with Crippen LogP contribution in [0.15, 0.2) is 32.3 Å². The third-order valence-electron chi connectivity index (χ3n) is 3.55. The van der Waals surface area contributed by atoms with Gasteiger partial charge in [-0.1, -0.05) is 0 Å². The lowest BCUT2D eigenvalue weighted by molar-refractivity contribution is -0.0156. The molecule has 3 rings (SSSR count). The van der Waals surface area contributed by atoms with Gasteiger partial charge in [0, 0.05) is 25.7 Å². The number of benzene rings is 1. The topological polar surface area (TPSA) is 105 Å². The summed E-state index contributed by atoms with van der Waals surface area (Å²) in [4.78, 5) is 15.7. The number of oxazole rings is 1. The van der Waals surface area contributed by atoms with E-state index in [1.807, 2.05) is 7.05 Å². The molecule has 1 aromatic heterocycles. The molecule has 1 fully saturated rings. The maximum absolute atomic E-state index is 12.3. The number of sulfonamides is 1. The SMILES string of the molecule is CN1CCOC(CNS(=O)(=O)c2ccc3[nH]c(=O)oc3c2)C1. The fraction of sp³-hybridized carbons (Fsp3) is 0.462. The minimum Gasteiger partial charge on any atom is -0.408 e. The third-order valence-corrected chi connectivity index (χ3v) is 4.97. The Balaban J connectivity index is 1.74. The number of H-pyrrole nitrogens is 1. The van der Waals surface area contributed by atoms with Crippen LogP contribution in [0.25, 0.3) is 11.1 Å². The highest BCUT2D eigenvalue weighted by Crippen LogP contribution is 2.16. The van der Waals surface area contributed by atoms with Crippen molar-refractivity contribution in [3.05, 3.63) is 28.7 Å². The molecule has 1 saturated heterocycles. The van der Waals surface area contributed by atoms with E-state index in [0.717, 1.165) is 6.54 Å². The van der Waals surface area contributed by atoms with Crippen molar-refractivity contribution in [2.45, 2.75) is 11.0 Å². The van der Waals surface area contributed by atoms with Gasteiger partial charge in [-0.2, -0.15) is 0 Å². The lowest BCUT2D eigenvalue weighted by Crippen LogP contribution is -2.45. The van der Waals surface area contributed by atoms with Crippen LogP contribution in [0.2, 0.25) is 0 Å². The van der Waals surface area contributed by atoms with Crippen molar-refractivity contribution in [3.63, 3.8) is 0 Å². The highest BCUT2D eigenvalue weighted by Gasteiger charge is 2.21. The van der Waals surface area contributed by atoms with Gasteiger partial charge in [0.15, 0.2) is 5.58 Å². The number of nitrogens with zero attached hydrogens (tertiary/aromatic N) is 1. The molecule has 0 radical (unpaired) electrons. The molecule has 120 valence electrons. The number of likely N-dealkylation sites (N-methyl/N-ethyl adjacent to an activating group) is 1. The predicted molar refractivity (Wildman–Crippen MR) is 79.3 cm³/mol. The second-order valence-electron chi connectivity index (χ2n) is 5.28. The van der Waals surface area contributed by atoms with Crippen LogP contribution in [0.1, 0.15) is 0 Å². The van der Waals surface area contributed by atoms with E-state index in [0.29, 0.717) is 18.7 Å². The fourth-order valence-electron chi connectivity index (χ4n) is 2.37.